The predicted molar refractivity (Wildman–Crippen MR) is 71.8 cm³/mol. The minimum absolute atomic E-state index is 0.0980. The summed E-state index contributed by atoms with van der Waals surface area (Å²) in [6, 6.07) is 0.947. The van der Waals surface area contributed by atoms with Crippen LogP contribution in [0.3, 0.4) is 0 Å². The molecule has 0 saturated carbocycles. The van der Waals surface area contributed by atoms with Gasteiger partial charge in [0.15, 0.2) is 0 Å². The summed E-state index contributed by atoms with van der Waals surface area (Å²) in [5, 5.41) is 8.99. The fourth-order valence-corrected chi connectivity index (χ4v) is 3.76. The van der Waals surface area contributed by atoms with Crippen molar-refractivity contribution in [3.63, 3.8) is 0 Å². The van der Waals surface area contributed by atoms with Crippen molar-refractivity contribution in [2.24, 2.45) is 5.92 Å². The highest BCUT2D eigenvalue weighted by atomic mass is 32.2. The quantitative estimate of drug-likeness (QED) is 0.823. The molecule has 0 radical (unpaired) electrons. The molecule has 1 aliphatic rings. The molecule has 1 aliphatic carbocycles. The van der Waals surface area contributed by atoms with Crippen LogP contribution in [-0.2, 0) is 14.8 Å². The molecule has 110 valence electrons. The van der Waals surface area contributed by atoms with Crippen LogP contribution in [0.15, 0.2) is 27.5 Å². The topological polar surface area (TPSA) is 96.6 Å². The third-order valence-electron chi connectivity index (χ3n) is 3.27. The summed E-state index contributed by atoms with van der Waals surface area (Å²) < 4.78 is 32.2. The van der Waals surface area contributed by atoms with Crippen LogP contribution in [0, 0.1) is 19.8 Å². The van der Waals surface area contributed by atoms with Crippen LogP contribution in [0.2, 0.25) is 0 Å². The Kier molecular flexibility index (Phi) is 4.01. The second-order valence-corrected chi connectivity index (χ2v) is 6.62. The highest BCUT2D eigenvalue weighted by Crippen LogP contribution is 2.23. The zero-order chi connectivity index (χ0) is 14.9. The van der Waals surface area contributed by atoms with E-state index < -0.39 is 28.0 Å². The number of allylic oxidation sites excluding steroid dienone is 1. The number of rotatable bonds is 4. The molecule has 2 rings (SSSR count). The second kappa shape index (κ2) is 5.41. The molecule has 20 heavy (non-hydrogen) atoms. The number of hydrogen-bond acceptors (Lipinski definition) is 4. The van der Waals surface area contributed by atoms with Gasteiger partial charge in [0.1, 0.15) is 16.4 Å². The van der Waals surface area contributed by atoms with Gasteiger partial charge in [-0.1, -0.05) is 12.2 Å². The summed E-state index contributed by atoms with van der Waals surface area (Å²) in [5.41, 5.74) is 0. The standard InChI is InChI=1S/C13H17NO5S/c1-8-6-12(9(2)19-8)20(17,18)14-11-5-3-4-10(7-11)13(15)16/h3,5-6,10-11,14H,4,7H2,1-2H3,(H,15,16)/t10-,11-/m0/s1. The smallest absolute Gasteiger partial charge is 0.306 e. The van der Waals surface area contributed by atoms with Gasteiger partial charge < -0.3 is 9.52 Å². The number of nitrogens with one attached hydrogen (secondary N) is 1. The number of hydrogen-bond donors (Lipinski definition) is 2. The lowest BCUT2D eigenvalue weighted by Gasteiger charge is -2.22. The maximum absolute atomic E-state index is 12.3. The van der Waals surface area contributed by atoms with E-state index in [0.717, 1.165) is 0 Å². The average molecular weight is 299 g/mol. The summed E-state index contributed by atoms with van der Waals surface area (Å²) in [4.78, 5) is 11.1. The Morgan fingerprint density at radius 2 is 2.15 bits per heavy atom. The SMILES string of the molecule is Cc1cc(S(=O)(=O)N[C@H]2C=CC[C@H](C(=O)O)C2)c(C)o1. The Labute approximate surface area is 117 Å². The third kappa shape index (κ3) is 3.10. The molecule has 7 heteroatoms. The highest BCUT2D eigenvalue weighted by molar-refractivity contribution is 7.89. The first-order chi connectivity index (χ1) is 9.29. The molecule has 0 fully saturated rings. The highest BCUT2D eigenvalue weighted by Gasteiger charge is 2.28. The van der Waals surface area contributed by atoms with Gasteiger partial charge in [-0.3, -0.25) is 4.79 Å². The molecule has 0 saturated heterocycles. The van der Waals surface area contributed by atoms with Gasteiger partial charge >= 0.3 is 5.97 Å². The molecule has 0 bridgehead atoms. The van der Waals surface area contributed by atoms with Gasteiger partial charge in [0.2, 0.25) is 10.0 Å². The first-order valence-corrected chi connectivity index (χ1v) is 7.77. The van der Waals surface area contributed by atoms with E-state index in [-0.39, 0.29) is 11.3 Å². The molecular formula is C13H17NO5S. The molecule has 0 aliphatic heterocycles. The molecule has 1 aromatic heterocycles. The number of sulfonamides is 1. The van der Waals surface area contributed by atoms with Crippen LogP contribution < -0.4 is 4.72 Å². The molecule has 2 atom stereocenters. The molecule has 1 heterocycles. The fraction of sp³-hybridized carbons (Fsp3) is 0.462. The second-order valence-electron chi connectivity index (χ2n) is 4.94. The summed E-state index contributed by atoms with van der Waals surface area (Å²) in [6.45, 7) is 3.26. The van der Waals surface area contributed by atoms with Crippen LogP contribution in [0.4, 0.5) is 0 Å². The molecule has 0 amide bonds. The number of aliphatic carboxylic acids is 1. The Morgan fingerprint density at radius 1 is 1.45 bits per heavy atom. The largest absolute Gasteiger partial charge is 0.481 e. The first kappa shape index (κ1) is 14.8. The zero-order valence-corrected chi connectivity index (χ0v) is 12.1. The Morgan fingerprint density at radius 3 is 2.70 bits per heavy atom. The molecule has 0 aromatic carbocycles. The number of carboxylic acid groups (broad SMARTS) is 1. The minimum Gasteiger partial charge on any atom is -0.481 e. The Balaban J connectivity index is 2.17. The van der Waals surface area contributed by atoms with Crippen molar-refractivity contribution in [1.82, 2.24) is 4.72 Å². The number of aryl methyl sites for hydroxylation is 2. The normalized spacial score (nSPS) is 22.9. The lowest BCUT2D eigenvalue weighted by Crippen LogP contribution is -2.37. The van der Waals surface area contributed by atoms with E-state index in [1.54, 1.807) is 26.0 Å². The van der Waals surface area contributed by atoms with Crippen LogP contribution in [-0.4, -0.2) is 25.5 Å². The van der Waals surface area contributed by atoms with Crippen molar-refractivity contribution in [3.8, 4) is 0 Å². The summed E-state index contributed by atoms with van der Waals surface area (Å²) in [5.74, 6) is -0.621. The van der Waals surface area contributed by atoms with Crippen molar-refractivity contribution < 1.29 is 22.7 Å². The summed E-state index contributed by atoms with van der Waals surface area (Å²) in [6.07, 6.45) is 4.07. The van der Waals surface area contributed by atoms with E-state index in [9.17, 15) is 13.2 Å². The monoisotopic (exact) mass is 299 g/mol. The van der Waals surface area contributed by atoms with Gasteiger partial charge in [-0.2, -0.15) is 0 Å². The maximum Gasteiger partial charge on any atom is 0.306 e. The van der Waals surface area contributed by atoms with Gasteiger partial charge in [0.05, 0.1) is 5.92 Å². The van der Waals surface area contributed by atoms with E-state index in [1.165, 1.54) is 6.07 Å². The van der Waals surface area contributed by atoms with Crippen LogP contribution in [0.5, 0.6) is 0 Å². The molecule has 1 aromatic rings. The zero-order valence-electron chi connectivity index (χ0n) is 11.3. The molecule has 2 N–H and O–H groups in total. The van der Waals surface area contributed by atoms with Crippen LogP contribution in [0.25, 0.3) is 0 Å². The van der Waals surface area contributed by atoms with E-state index in [2.05, 4.69) is 4.72 Å². The van der Waals surface area contributed by atoms with Crippen molar-refractivity contribution in [1.29, 1.82) is 0 Å². The average Bonchev–Trinajstić information content (AvgIpc) is 2.69. The van der Waals surface area contributed by atoms with E-state index >= 15 is 0 Å². The lowest BCUT2D eigenvalue weighted by atomic mass is 9.92. The Hall–Kier alpha value is -1.60. The molecule has 0 spiro atoms. The number of carboxylic acids is 1. The third-order valence-corrected chi connectivity index (χ3v) is 4.87. The van der Waals surface area contributed by atoms with Crippen LogP contribution >= 0.6 is 0 Å². The van der Waals surface area contributed by atoms with Gasteiger partial charge in [-0.25, -0.2) is 13.1 Å². The maximum atomic E-state index is 12.3. The molecular weight excluding hydrogens is 282 g/mol. The predicted octanol–water partition coefficient (Wildman–Crippen LogP) is 1.59. The Bertz CT molecular complexity index is 644. The van der Waals surface area contributed by atoms with Crippen LogP contribution in [0.1, 0.15) is 24.4 Å². The number of carbonyl (C=O) groups is 1. The van der Waals surface area contributed by atoms with E-state index in [4.69, 9.17) is 9.52 Å². The lowest BCUT2D eigenvalue weighted by molar-refractivity contribution is -0.142. The van der Waals surface area contributed by atoms with Crippen molar-refractivity contribution >= 4 is 16.0 Å². The van der Waals surface area contributed by atoms with Crippen molar-refractivity contribution in [2.45, 2.75) is 37.6 Å². The van der Waals surface area contributed by atoms with Gasteiger partial charge in [0.25, 0.3) is 0 Å². The summed E-state index contributed by atoms with van der Waals surface area (Å²) in [7, 11) is -3.71. The minimum atomic E-state index is -3.71. The van der Waals surface area contributed by atoms with Gasteiger partial charge in [0, 0.05) is 6.04 Å². The fourth-order valence-electron chi connectivity index (χ4n) is 2.31. The molecule has 0 unspecified atom stereocenters. The summed E-state index contributed by atoms with van der Waals surface area (Å²) >= 11 is 0. The first-order valence-electron chi connectivity index (χ1n) is 6.28. The van der Waals surface area contributed by atoms with E-state index in [0.29, 0.717) is 17.9 Å². The molecule has 6 nitrogen and oxygen atoms in total. The van der Waals surface area contributed by atoms with Crippen molar-refractivity contribution in [2.75, 3.05) is 0 Å². The van der Waals surface area contributed by atoms with Gasteiger partial charge in [-0.15, -0.1) is 0 Å². The van der Waals surface area contributed by atoms with E-state index in [1.807, 2.05) is 0 Å². The number of furan rings is 1. The van der Waals surface area contributed by atoms with Gasteiger partial charge in [-0.05, 0) is 32.8 Å². The van der Waals surface area contributed by atoms with Crippen molar-refractivity contribution in [3.05, 3.63) is 29.7 Å².